The summed E-state index contributed by atoms with van der Waals surface area (Å²) in [6, 6.07) is 18.3. The van der Waals surface area contributed by atoms with E-state index in [1.165, 1.54) is 0 Å². The lowest BCUT2D eigenvalue weighted by atomic mass is 9.83. The van der Waals surface area contributed by atoms with E-state index in [2.05, 4.69) is 45.5 Å². The number of rotatable bonds is 3. The lowest BCUT2D eigenvalue weighted by molar-refractivity contribution is -0.116. The summed E-state index contributed by atoms with van der Waals surface area (Å²) in [5, 5.41) is 5.24. The smallest absolute Gasteiger partial charge is 0.225 e. The topological polar surface area (TPSA) is 38.3 Å². The van der Waals surface area contributed by atoms with Gasteiger partial charge in [-0.15, -0.1) is 0 Å². The van der Waals surface area contributed by atoms with E-state index >= 15 is 0 Å². The number of hydrogen-bond donors (Lipinski definition) is 1. The molecule has 1 aliphatic heterocycles. The zero-order chi connectivity index (χ0) is 18.3. The maximum absolute atomic E-state index is 12.5. The van der Waals surface area contributed by atoms with E-state index in [9.17, 15) is 4.79 Å². The van der Waals surface area contributed by atoms with Crippen LogP contribution in [-0.4, -0.2) is 12.0 Å². The van der Waals surface area contributed by atoms with Crippen molar-refractivity contribution < 1.29 is 9.53 Å². The van der Waals surface area contributed by atoms with Gasteiger partial charge in [0, 0.05) is 27.8 Å². The van der Waals surface area contributed by atoms with Crippen LogP contribution in [0.1, 0.15) is 37.3 Å². The molecule has 132 valence electrons. The van der Waals surface area contributed by atoms with Gasteiger partial charge in [0.05, 0.1) is 11.8 Å². The number of nitrogens with one attached hydrogen (secondary N) is 1. The van der Waals surface area contributed by atoms with E-state index in [1.807, 2.05) is 44.2 Å². The zero-order valence-electron chi connectivity index (χ0n) is 14.8. The number of fused-ring (bicyclic) bond motifs is 3. The Morgan fingerprint density at radius 2 is 1.73 bits per heavy atom. The van der Waals surface area contributed by atoms with Gasteiger partial charge in [-0.2, -0.15) is 0 Å². The highest BCUT2D eigenvalue weighted by molar-refractivity contribution is 9.10. The van der Waals surface area contributed by atoms with Gasteiger partial charge in [-0.05, 0) is 36.9 Å². The summed E-state index contributed by atoms with van der Waals surface area (Å²) in [5.41, 5.74) is 3.08. The molecule has 3 aromatic rings. The molecule has 0 spiro atoms. The lowest BCUT2D eigenvalue weighted by Gasteiger charge is -2.29. The molecule has 1 unspecified atom stereocenters. The Hall–Kier alpha value is -2.33. The van der Waals surface area contributed by atoms with E-state index in [1.54, 1.807) is 0 Å². The quantitative estimate of drug-likeness (QED) is 0.587. The Morgan fingerprint density at radius 1 is 1.04 bits per heavy atom. The minimum Gasteiger partial charge on any atom is -0.491 e. The predicted molar refractivity (Wildman–Crippen MR) is 109 cm³/mol. The van der Waals surface area contributed by atoms with E-state index in [0.717, 1.165) is 37.8 Å². The van der Waals surface area contributed by atoms with Crippen LogP contribution >= 0.6 is 15.9 Å². The van der Waals surface area contributed by atoms with Gasteiger partial charge >= 0.3 is 0 Å². The van der Waals surface area contributed by atoms with Gasteiger partial charge in [-0.1, -0.05) is 58.4 Å². The Kier molecular flexibility index (Phi) is 4.45. The molecule has 0 fully saturated rings. The third kappa shape index (κ3) is 2.99. The lowest BCUT2D eigenvalue weighted by Crippen LogP contribution is -2.24. The van der Waals surface area contributed by atoms with Crippen molar-refractivity contribution in [3.8, 4) is 5.75 Å². The molecule has 0 saturated heterocycles. The monoisotopic (exact) mass is 409 g/mol. The molecule has 1 aliphatic rings. The van der Waals surface area contributed by atoms with Crippen LogP contribution in [0.25, 0.3) is 10.8 Å². The zero-order valence-corrected chi connectivity index (χ0v) is 16.3. The van der Waals surface area contributed by atoms with E-state index in [4.69, 9.17) is 4.74 Å². The molecule has 1 N–H and O–H groups in total. The average molecular weight is 410 g/mol. The number of hydrogen-bond acceptors (Lipinski definition) is 2. The number of ether oxygens (including phenoxy) is 1. The molecule has 1 amide bonds. The van der Waals surface area contributed by atoms with Gasteiger partial charge < -0.3 is 10.1 Å². The fourth-order valence-corrected chi connectivity index (χ4v) is 4.25. The SMILES string of the molecule is CC(C)Oc1ccccc1C1CC(=O)Nc2c1cc(Br)c1ccccc21. The van der Waals surface area contributed by atoms with Crippen LogP contribution in [-0.2, 0) is 4.79 Å². The van der Waals surface area contributed by atoms with Crippen LogP contribution in [0.15, 0.2) is 59.1 Å². The van der Waals surface area contributed by atoms with Crippen LogP contribution in [0.2, 0.25) is 0 Å². The second-order valence-corrected chi connectivity index (χ2v) is 7.73. The normalized spacial score (nSPS) is 16.5. The van der Waals surface area contributed by atoms with Crippen LogP contribution < -0.4 is 10.1 Å². The molecular weight excluding hydrogens is 390 g/mol. The first-order chi connectivity index (χ1) is 12.5. The Bertz CT molecular complexity index is 997. The van der Waals surface area contributed by atoms with Gasteiger partial charge in [0.15, 0.2) is 0 Å². The van der Waals surface area contributed by atoms with Crippen LogP contribution in [0.4, 0.5) is 5.69 Å². The molecule has 4 heteroatoms. The van der Waals surface area contributed by atoms with Crippen molar-refractivity contribution in [2.45, 2.75) is 32.3 Å². The summed E-state index contributed by atoms with van der Waals surface area (Å²) in [4.78, 5) is 12.5. The molecule has 1 heterocycles. The molecule has 4 rings (SSSR count). The molecule has 0 saturated carbocycles. The molecule has 3 nitrogen and oxygen atoms in total. The molecule has 26 heavy (non-hydrogen) atoms. The number of carbonyl (C=O) groups is 1. The van der Waals surface area contributed by atoms with Gasteiger partial charge in [-0.25, -0.2) is 0 Å². The number of anilines is 1. The first-order valence-electron chi connectivity index (χ1n) is 8.81. The summed E-state index contributed by atoms with van der Waals surface area (Å²) < 4.78 is 7.06. The number of carbonyl (C=O) groups excluding carboxylic acids is 1. The largest absolute Gasteiger partial charge is 0.491 e. The summed E-state index contributed by atoms with van der Waals surface area (Å²) in [6.45, 7) is 4.03. The van der Waals surface area contributed by atoms with Crippen molar-refractivity contribution in [2.24, 2.45) is 0 Å². The Labute approximate surface area is 161 Å². The maximum atomic E-state index is 12.5. The third-order valence-corrected chi connectivity index (χ3v) is 5.37. The summed E-state index contributed by atoms with van der Waals surface area (Å²) in [6.07, 6.45) is 0.493. The van der Waals surface area contributed by atoms with E-state index in [-0.39, 0.29) is 17.9 Å². The first-order valence-corrected chi connectivity index (χ1v) is 9.60. The first kappa shape index (κ1) is 17.1. The van der Waals surface area contributed by atoms with Crippen molar-refractivity contribution in [2.75, 3.05) is 5.32 Å². The molecule has 0 bridgehead atoms. The van der Waals surface area contributed by atoms with Crippen molar-refractivity contribution >= 4 is 38.3 Å². The minimum atomic E-state index is -0.0328. The summed E-state index contributed by atoms with van der Waals surface area (Å²) >= 11 is 3.71. The van der Waals surface area contributed by atoms with Crippen molar-refractivity contribution in [3.63, 3.8) is 0 Å². The van der Waals surface area contributed by atoms with E-state index in [0.29, 0.717) is 6.42 Å². The van der Waals surface area contributed by atoms with E-state index < -0.39 is 0 Å². The van der Waals surface area contributed by atoms with Gasteiger partial charge in [-0.3, -0.25) is 4.79 Å². The molecule has 1 atom stereocenters. The summed E-state index contributed by atoms with van der Waals surface area (Å²) in [5.74, 6) is 0.848. The van der Waals surface area contributed by atoms with Crippen molar-refractivity contribution in [1.29, 1.82) is 0 Å². The molecule has 3 aromatic carbocycles. The standard InChI is InChI=1S/C22H20BrNO2/c1-13(2)26-20-10-6-5-8-15(20)17-12-21(25)24-22-16-9-4-3-7-14(16)19(23)11-18(17)22/h3-11,13,17H,12H2,1-2H3,(H,24,25). The summed E-state index contributed by atoms with van der Waals surface area (Å²) in [7, 11) is 0. The van der Waals surface area contributed by atoms with Crippen molar-refractivity contribution in [1.82, 2.24) is 0 Å². The fraction of sp³-hybridized carbons (Fsp3) is 0.227. The fourth-order valence-electron chi connectivity index (χ4n) is 3.66. The third-order valence-electron chi connectivity index (χ3n) is 4.71. The molecule has 0 radical (unpaired) electrons. The molecule has 0 aromatic heterocycles. The van der Waals surface area contributed by atoms with Crippen molar-refractivity contribution in [3.05, 3.63) is 70.2 Å². The predicted octanol–water partition coefficient (Wildman–Crippen LogP) is 5.86. The maximum Gasteiger partial charge on any atom is 0.225 e. The Balaban J connectivity index is 1.93. The molecule has 0 aliphatic carbocycles. The second-order valence-electron chi connectivity index (χ2n) is 6.88. The molecular formula is C22H20BrNO2. The second kappa shape index (κ2) is 6.76. The van der Waals surface area contributed by atoms with Crippen LogP contribution in [0.5, 0.6) is 5.75 Å². The van der Waals surface area contributed by atoms with Gasteiger partial charge in [0.25, 0.3) is 0 Å². The highest BCUT2D eigenvalue weighted by Crippen LogP contribution is 2.45. The number of halogens is 1. The van der Waals surface area contributed by atoms with Crippen LogP contribution in [0, 0.1) is 0 Å². The Morgan fingerprint density at radius 3 is 2.50 bits per heavy atom. The highest BCUT2D eigenvalue weighted by atomic mass is 79.9. The highest BCUT2D eigenvalue weighted by Gasteiger charge is 2.30. The van der Waals surface area contributed by atoms with Gasteiger partial charge in [0.2, 0.25) is 5.91 Å². The number of para-hydroxylation sites is 1. The minimum absolute atomic E-state index is 0.0328. The van der Waals surface area contributed by atoms with Crippen LogP contribution in [0.3, 0.4) is 0 Å². The van der Waals surface area contributed by atoms with Gasteiger partial charge in [0.1, 0.15) is 5.75 Å². The number of benzene rings is 3. The number of amides is 1. The average Bonchev–Trinajstić information content (AvgIpc) is 2.62.